The van der Waals surface area contributed by atoms with Gasteiger partial charge in [0, 0.05) is 36.6 Å². The van der Waals surface area contributed by atoms with Gasteiger partial charge in [-0.3, -0.25) is 9.78 Å². The summed E-state index contributed by atoms with van der Waals surface area (Å²) < 4.78 is 0. The van der Waals surface area contributed by atoms with Crippen molar-refractivity contribution in [1.82, 2.24) is 15.2 Å². The number of rotatable bonds is 3. The summed E-state index contributed by atoms with van der Waals surface area (Å²) in [5.74, 6) is -0.0303. The van der Waals surface area contributed by atoms with Gasteiger partial charge >= 0.3 is 6.03 Å². The minimum Gasteiger partial charge on any atom is -0.341 e. The van der Waals surface area contributed by atoms with Gasteiger partial charge in [0.1, 0.15) is 0 Å². The number of aromatic nitrogens is 1. The molecule has 2 aromatic rings. The summed E-state index contributed by atoms with van der Waals surface area (Å²) in [5.41, 5.74) is 0.685. The lowest BCUT2D eigenvalue weighted by Gasteiger charge is -2.15. The van der Waals surface area contributed by atoms with E-state index in [1.807, 2.05) is 24.3 Å². The molecule has 6 heteroatoms. The quantitative estimate of drug-likeness (QED) is 0.910. The number of carbonyl (C=O) groups is 2. The van der Waals surface area contributed by atoms with Crippen LogP contribution >= 0.6 is 0 Å². The number of pyridine rings is 1. The van der Waals surface area contributed by atoms with Gasteiger partial charge in [-0.1, -0.05) is 6.07 Å². The number of likely N-dealkylation sites (tertiary alicyclic amines) is 1. The number of hydrogen-bond donors (Lipinski definition) is 2. The molecule has 22 heavy (non-hydrogen) atoms. The lowest BCUT2D eigenvalue weighted by atomic mass is 10.1. The maximum absolute atomic E-state index is 11.9. The van der Waals surface area contributed by atoms with Crippen molar-refractivity contribution in [2.75, 3.05) is 25.0 Å². The second-order valence-electron chi connectivity index (χ2n) is 5.33. The molecular weight excluding hydrogens is 280 g/mol. The standard InChI is InChI=1S/C16H18N4O2/c21-15(20-7-1-2-8-20)11-18-16(22)19-14-4-3-13-10-17-6-5-12(13)9-14/h3-6,9-10H,1-2,7-8,11H2,(H2,18,19,22). The molecule has 1 aromatic carbocycles. The fraction of sp³-hybridized carbons (Fsp3) is 0.312. The van der Waals surface area contributed by atoms with Gasteiger partial charge in [-0.25, -0.2) is 4.79 Å². The number of nitrogens with one attached hydrogen (secondary N) is 2. The van der Waals surface area contributed by atoms with Crippen LogP contribution in [0.1, 0.15) is 12.8 Å². The van der Waals surface area contributed by atoms with Gasteiger partial charge in [0.05, 0.1) is 6.54 Å². The molecule has 0 bridgehead atoms. The van der Waals surface area contributed by atoms with Crippen molar-refractivity contribution in [1.29, 1.82) is 0 Å². The monoisotopic (exact) mass is 298 g/mol. The van der Waals surface area contributed by atoms with Crippen molar-refractivity contribution >= 4 is 28.4 Å². The Morgan fingerprint density at radius 3 is 2.77 bits per heavy atom. The fourth-order valence-corrected chi connectivity index (χ4v) is 2.57. The minimum atomic E-state index is -0.374. The molecule has 1 saturated heterocycles. The zero-order valence-electron chi connectivity index (χ0n) is 12.2. The number of amides is 3. The number of anilines is 1. The van der Waals surface area contributed by atoms with E-state index in [0.717, 1.165) is 36.7 Å². The zero-order chi connectivity index (χ0) is 15.4. The Morgan fingerprint density at radius 2 is 1.95 bits per heavy atom. The maximum atomic E-state index is 11.9. The van der Waals surface area contributed by atoms with Gasteiger partial charge in [0.25, 0.3) is 0 Å². The third-order valence-corrected chi connectivity index (χ3v) is 3.76. The molecule has 0 radical (unpaired) electrons. The van der Waals surface area contributed by atoms with Crippen LogP contribution in [0.25, 0.3) is 10.8 Å². The first-order chi connectivity index (χ1) is 10.7. The van der Waals surface area contributed by atoms with Crippen molar-refractivity contribution in [2.24, 2.45) is 0 Å². The van der Waals surface area contributed by atoms with Crippen LogP contribution in [0.3, 0.4) is 0 Å². The molecule has 0 saturated carbocycles. The normalized spacial score (nSPS) is 14.1. The molecule has 114 valence electrons. The van der Waals surface area contributed by atoms with Crippen LogP contribution in [0.4, 0.5) is 10.5 Å². The van der Waals surface area contributed by atoms with E-state index in [4.69, 9.17) is 0 Å². The Kier molecular flexibility index (Phi) is 4.18. The number of carbonyl (C=O) groups excluding carboxylic acids is 2. The first kappa shape index (κ1) is 14.3. The van der Waals surface area contributed by atoms with E-state index in [9.17, 15) is 9.59 Å². The molecule has 1 aliphatic rings. The highest BCUT2D eigenvalue weighted by atomic mass is 16.2. The Bertz CT molecular complexity index is 695. The van der Waals surface area contributed by atoms with Crippen LogP contribution in [-0.4, -0.2) is 41.5 Å². The second kappa shape index (κ2) is 6.43. The molecule has 1 aliphatic heterocycles. The Balaban J connectivity index is 1.55. The summed E-state index contributed by atoms with van der Waals surface area (Å²) in [7, 11) is 0. The smallest absolute Gasteiger partial charge is 0.319 e. The second-order valence-corrected chi connectivity index (χ2v) is 5.33. The molecule has 1 aromatic heterocycles. The number of nitrogens with zero attached hydrogens (tertiary/aromatic N) is 2. The van der Waals surface area contributed by atoms with E-state index in [0.29, 0.717) is 5.69 Å². The minimum absolute atomic E-state index is 0.0303. The summed E-state index contributed by atoms with van der Waals surface area (Å²) in [4.78, 5) is 29.5. The number of urea groups is 1. The molecule has 0 aliphatic carbocycles. The van der Waals surface area contributed by atoms with Gasteiger partial charge in [-0.15, -0.1) is 0 Å². The van der Waals surface area contributed by atoms with E-state index in [-0.39, 0.29) is 18.5 Å². The largest absolute Gasteiger partial charge is 0.341 e. The maximum Gasteiger partial charge on any atom is 0.319 e. The predicted molar refractivity (Wildman–Crippen MR) is 84.6 cm³/mol. The van der Waals surface area contributed by atoms with Gasteiger partial charge < -0.3 is 15.5 Å². The Morgan fingerprint density at radius 1 is 1.14 bits per heavy atom. The highest BCUT2D eigenvalue weighted by Gasteiger charge is 2.18. The van der Waals surface area contributed by atoms with Gasteiger partial charge in [-0.05, 0) is 36.4 Å². The fourth-order valence-electron chi connectivity index (χ4n) is 2.57. The molecular formula is C16H18N4O2. The topological polar surface area (TPSA) is 74.3 Å². The van der Waals surface area contributed by atoms with Gasteiger partial charge in [0.2, 0.25) is 5.91 Å². The van der Waals surface area contributed by atoms with Crippen LogP contribution in [-0.2, 0) is 4.79 Å². The van der Waals surface area contributed by atoms with Crippen molar-refractivity contribution in [3.8, 4) is 0 Å². The summed E-state index contributed by atoms with van der Waals surface area (Å²) in [6.45, 7) is 1.62. The first-order valence-corrected chi connectivity index (χ1v) is 7.39. The van der Waals surface area contributed by atoms with E-state index in [2.05, 4.69) is 15.6 Å². The summed E-state index contributed by atoms with van der Waals surface area (Å²) in [5, 5.41) is 7.35. The predicted octanol–water partition coefficient (Wildman–Crippen LogP) is 1.98. The average Bonchev–Trinajstić information content (AvgIpc) is 3.07. The van der Waals surface area contributed by atoms with Gasteiger partial charge in [0.15, 0.2) is 0 Å². The Hall–Kier alpha value is -2.63. The van der Waals surface area contributed by atoms with Crippen molar-refractivity contribution in [3.05, 3.63) is 36.7 Å². The van der Waals surface area contributed by atoms with Crippen LogP contribution in [0.5, 0.6) is 0 Å². The van der Waals surface area contributed by atoms with E-state index in [1.54, 1.807) is 17.3 Å². The summed E-state index contributed by atoms with van der Waals surface area (Å²) in [6.07, 6.45) is 5.57. The highest BCUT2D eigenvalue weighted by Crippen LogP contribution is 2.17. The highest BCUT2D eigenvalue weighted by molar-refractivity contribution is 5.95. The third-order valence-electron chi connectivity index (χ3n) is 3.76. The van der Waals surface area contributed by atoms with Crippen molar-refractivity contribution < 1.29 is 9.59 Å². The SMILES string of the molecule is O=C(NCC(=O)N1CCCC1)Nc1ccc2cnccc2c1. The van der Waals surface area contributed by atoms with Crippen LogP contribution in [0.15, 0.2) is 36.7 Å². The first-order valence-electron chi connectivity index (χ1n) is 7.39. The molecule has 0 unspecified atom stereocenters. The average molecular weight is 298 g/mol. The molecule has 0 spiro atoms. The number of benzene rings is 1. The molecule has 2 N–H and O–H groups in total. The van der Waals surface area contributed by atoms with Crippen molar-refractivity contribution in [2.45, 2.75) is 12.8 Å². The van der Waals surface area contributed by atoms with Crippen LogP contribution < -0.4 is 10.6 Å². The molecule has 6 nitrogen and oxygen atoms in total. The molecule has 3 rings (SSSR count). The molecule has 2 heterocycles. The number of hydrogen-bond acceptors (Lipinski definition) is 3. The molecule has 3 amide bonds. The number of fused-ring (bicyclic) bond motifs is 1. The molecule has 0 atom stereocenters. The Labute approximate surface area is 128 Å². The van der Waals surface area contributed by atoms with Crippen LogP contribution in [0, 0.1) is 0 Å². The lowest BCUT2D eigenvalue weighted by molar-refractivity contribution is -0.128. The summed E-state index contributed by atoms with van der Waals surface area (Å²) in [6, 6.07) is 7.09. The third kappa shape index (κ3) is 3.33. The van der Waals surface area contributed by atoms with Crippen LogP contribution in [0.2, 0.25) is 0 Å². The van der Waals surface area contributed by atoms with E-state index < -0.39 is 0 Å². The lowest BCUT2D eigenvalue weighted by Crippen LogP contribution is -2.40. The zero-order valence-corrected chi connectivity index (χ0v) is 12.2. The van der Waals surface area contributed by atoms with Gasteiger partial charge in [-0.2, -0.15) is 0 Å². The van der Waals surface area contributed by atoms with E-state index in [1.165, 1.54) is 0 Å². The summed E-state index contributed by atoms with van der Waals surface area (Å²) >= 11 is 0. The van der Waals surface area contributed by atoms with E-state index >= 15 is 0 Å². The molecule has 1 fully saturated rings. The van der Waals surface area contributed by atoms with Crippen molar-refractivity contribution in [3.63, 3.8) is 0 Å².